The number of hydrogen-bond acceptors (Lipinski definition) is 4. The van der Waals surface area contributed by atoms with Crippen LogP contribution in [0.4, 0.5) is 4.79 Å². The van der Waals surface area contributed by atoms with E-state index in [1.54, 1.807) is 9.80 Å². The molecule has 2 rings (SSSR count). The molecule has 2 fully saturated rings. The fourth-order valence-electron chi connectivity index (χ4n) is 3.57. The van der Waals surface area contributed by atoms with E-state index in [4.69, 9.17) is 4.74 Å². The molecule has 1 heterocycles. The number of rotatable bonds is 4. The fourth-order valence-corrected chi connectivity index (χ4v) is 3.57. The van der Waals surface area contributed by atoms with Gasteiger partial charge in [-0.15, -0.1) is 0 Å². The molecule has 0 spiro atoms. The first-order valence-corrected chi connectivity index (χ1v) is 10.3. The van der Waals surface area contributed by atoms with E-state index in [9.17, 15) is 14.4 Å². The van der Waals surface area contributed by atoms with Crippen molar-refractivity contribution in [2.75, 3.05) is 26.2 Å². The number of ether oxygens (including phenoxy) is 1. The molecule has 1 N–H and O–H groups in total. The van der Waals surface area contributed by atoms with Crippen LogP contribution in [-0.4, -0.2) is 65.5 Å². The van der Waals surface area contributed by atoms with Gasteiger partial charge in [0.2, 0.25) is 11.8 Å². The molecule has 154 valence electrons. The first kappa shape index (κ1) is 21.5. The van der Waals surface area contributed by atoms with Gasteiger partial charge < -0.3 is 19.9 Å². The van der Waals surface area contributed by atoms with Gasteiger partial charge in [-0.25, -0.2) is 4.79 Å². The molecule has 7 heteroatoms. The van der Waals surface area contributed by atoms with Gasteiger partial charge in [0, 0.05) is 45.1 Å². The van der Waals surface area contributed by atoms with Crippen molar-refractivity contribution in [2.24, 2.45) is 0 Å². The maximum Gasteiger partial charge on any atom is 0.410 e. The highest BCUT2D eigenvalue weighted by Crippen LogP contribution is 2.17. The maximum atomic E-state index is 12.4. The van der Waals surface area contributed by atoms with Crippen LogP contribution in [0.25, 0.3) is 0 Å². The quantitative estimate of drug-likeness (QED) is 0.760. The van der Waals surface area contributed by atoms with E-state index in [-0.39, 0.29) is 36.8 Å². The molecule has 0 bridgehead atoms. The largest absolute Gasteiger partial charge is 0.444 e. The van der Waals surface area contributed by atoms with Crippen molar-refractivity contribution in [1.29, 1.82) is 0 Å². The maximum absolute atomic E-state index is 12.4. The van der Waals surface area contributed by atoms with Crippen molar-refractivity contribution < 1.29 is 19.1 Å². The molecule has 2 aliphatic rings. The van der Waals surface area contributed by atoms with Gasteiger partial charge in [0.05, 0.1) is 0 Å². The van der Waals surface area contributed by atoms with Gasteiger partial charge in [0.1, 0.15) is 5.60 Å². The predicted molar refractivity (Wildman–Crippen MR) is 103 cm³/mol. The van der Waals surface area contributed by atoms with E-state index in [0.29, 0.717) is 26.2 Å². The van der Waals surface area contributed by atoms with E-state index < -0.39 is 5.60 Å². The normalized spacial score (nSPS) is 19.4. The van der Waals surface area contributed by atoms with Gasteiger partial charge in [0.15, 0.2) is 0 Å². The molecule has 1 saturated carbocycles. The molecular weight excluding hydrogens is 346 g/mol. The molecular formula is C20H35N3O4. The summed E-state index contributed by atoms with van der Waals surface area (Å²) in [7, 11) is 0. The topological polar surface area (TPSA) is 79.0 Å². The Morgan fingerprint density at radius 3 is 2.00 bits per heavy atom. The average Bonchev–Trinajstić information content (AvgIpc) is 2.87. The zero-order valence-corrected chi connectivity index (χ0v) is 17.1. The van der Waals surface area contributed by atoms with Crippen LogP contribution in [0.5, 0.6) is 0 Å². The van der Waals surface area contributed by atoms with E-state index in [1.807, 2.05) is 20.8 Å². The molecule has 0 radical (unpaired) electrons. The second-order valence-corrected chi connectivity index (χ2v) is 8.60. The van der Waals surface area contributed by atoms with Gasteiger partial charge in [-0.3, -0.25) is 9.59 Å². The molecule has 27 heavy (non-hydrogen) atoms. The summed E-state index contributed by atoms with van der Waals surface area (Å²) in [6.45, 7) is 7.43. The van der Waals surface area contributed by atoms with Crippen LogP contribution >= 0.6 is 0 Å². The van der Waals surface area contributed by atoms with Gasteiger partial charge in [-0.2, -0.15) is 0 Å². The number of carbonyl (C=O) groups is 3. The Morgan fingerprint density at radius 1 is 0.889 bits per heavy atom. The van der Waals surface area contributed by atoms with Crippen molar-refractivity contribution in [3.8, 4) is 0 Å². The molecule has 0 unspecified atom stereocenters. The fraction of sp³-hybridized carbons (Fsp3) is 0.850. The van der Waals surface area contributed by atoms with Gasteiger partial charge in [0.25, 0.3) is 0 Å². The Kier molecular flexibility index (Phi) is 7.92. The third-order valence-corrected chi connectivity index (χ3v) is 5.07. The summed E-state index contributed by atoms with van der Waals surface area (Å²) >= 11 is 0. The van der Waals surface area contributed by atoms with E-state index >= 15 is 0 Å². The van der Waals surface area contributed by atoms with Crippen LogP contribution in [0.3, 0.4) is 0 Å². The highest BCUT2D eigenvalue weighted by atomic mass is 16.6. The van der Waals surface area contributed by atoms with Gasteiger partial charge in [-0.1, -0.05) is 25.7 Å². The Labute approximate surface area is 162 Å². The molecule has 0 atom stereocenters. The summed E-state index contributed by atoms with van der Waals surface area (Å²) in [5, 5.41) is 3.08. The number of carbonyl (C=O) groups excluding carboxylic acids is 3. The minimum absolute atomic E-state index is 0.0187. The standard InChI is InChI=1S/C20H35N3O4/c1-20(2,3)27-19(26)23-14-12-22(13-15-23)18(25)11-10-17(24)21-16-8-6-4-5-7-9-16/h16H,4-15H2,1-3H3,(H,21,24). The Balaban J connectivity index is 1.66. The lowest BCUT2D eigenvalue weighted by molar-refractivity contribution is -0.135. The van der Waals surface area contributed by atoms with Crippen molar-refractivity contribution in [3.63, 3.8) is 0 Å². The van der Waals surface area contributed by atoms with Crippen molar-refractivity contribution in [2.45, 2.75) is 83.8 Å². The van der Waals surface area contributed by atoms with Crippen molar-refractivity contribution in [1.82, 2.24) is 15.1 Å². The molecule has 1 saturated heterocycles. The number of nitrogens with zero attached hydrogens (tertiary/aromatic N) is 2. The molecule has 1 aliphatic heterocycles. The lowest BCUT2D eigenvalue weighted by atomic mass is 10.1. The number of nitrogens with one attached hydrogen (secondary N) is 1. The minimum Gasteiger partial charge on any atom is -0.444 e. The van der Waals surface area contributed by atoms with Crippen LogP contribution in [0.2, 0.25) is 0 Å². The highest BCUT2D eigenvalue weighted by Gasteiger charge is 2.27. The minimum atomic E-state index is -0.519. The second-order valence-electron chi connectivity index (χ2n) is 8.60. The lowest BCUT2D eigenvalue weighted by Crippen LogP contribution is -2.51. The SMILES string of the molecule is CC(C)(C)OC(=O)N1CCN(C(=O)CCC(=O)NC2CCCCCC2)CC1. The molecule has 0 aromatic rings. The first-order chi connectivity index (χ1) is 12.7. The smallest absolute Gasteiger partial charge is 0.410 e. The monoisotopic (exact) mass is 381 g/mol. The summed E-state index contributed by atoms with van der Waals surface area (Å²) < 4.78 is 5.36. The van der Waals surface area contributed by atoms with E-state index in [1.165, 1.54) is 25.7 Å². The Hall–Kier alpha value is -1.79. The number of amides is 3. The lowest BCUT2D eigenvalue weighted by Gasteiger charge is -2.35. The van der Waals surface area contributed by atoms with Gasteiger partial charge >= 0.3 is 6.09 Å². The molecule has 0 aromatic carbocycles. The second kappa shape index (κ2) is 9.95. The zero-order chi connectivity index (χ0) is 19.9. The van der Waals surface area contributed by atoms with Gasteiger partial charge in [-0.05, 0) is 33.6 Å². The average molecular weight is 382 g/mol. The third-order valence-electron chi connectivity index (χ3n) is 5.07. The first-order valence-electron chi connectivity index (χ1n) is 10.3. The number of piperazine rings is 1. The van der Waals surface area contributed by atoms with E-state index in [0.717, 1.165) is 12.8 Å². The summed E-state index contributed by atoms with van der Waals surface area (Å²) in [6, 6.07) is 0.271. The molecule has 7 nitrogen and oxygen atoms in total. The van der Waals surface area contributed by atoms with Crippen LogP contribution in [0.15, 0.2) is 0 Å². The Bertz CT molecular complexity index is 514. The van der Waals surface area contributed by atoms with Crippen molar-refractivity contribution in [3.05, 3.63) is 0 Å². The van der Waals surface area contributed by atoms with Crippen LogP contribution < -0.4 is 5.32 Å². The van der Waals surface area contributed by atoms with Crippen LogP contribution in [0, 0.1) is 0 Å². The zero-order valence-electron chi connectivity index (χ0n) is 17.1. The number of hydrogen-bond donors (Lipinski definition) is 1. The summed E-state index contributed by atoms with van der Waals surface area (Å²) in [5.74, 6) is -0.0440. The highest BCUT2D eigenvalue weighted by molar-refractivity contribution is 5.84. The predicted octanol–water partition coefficient (Wildman–Crippen LogP) is 2.68. The van der Waals surface area contributed by atoms with Crippen LogP contribution in [-0.2, 0) is 14.3 Å². The van der Waals surface area contributed by atoms with Crippen molar-refractivity contribution >= 4 is 17.9 Å². The molecule has 1 aliphatic carbocycles. The third kappa shape index (κ3) is 7.77. The molecule has 0 aromatic heterocycles. The summed E-state index contributed by atoms with van der Waals surface area (Å²) in [4.78, 5) is 39.9. The summed E-state index contributed by atoms with van der Waals surface area (Å²) in [5.41, 5.74) is -0.519. The molecule has 3 amide bonds. The Morgan fingerprint density at radius 2 is 1.44 bits per heavy atom. The van der Waals surface area contributed by atoms with E-state index in [2.05, 4.69) is 5.32 Å². The van der Waals surface area contributed by atoms with Crippen LogP contribution in [0.1, 0.15) is 72.1 Å². The summed E-state index contributed by atoms with van der Waals surface area (Å²) in [6.07, 6.45) is 7.07.